The van der Waals surface area contributed by atoms with E-state index >= 15 is 0 Å². The highest BCUT2D eigenvalue weighted by Crippen LogP contribution is 2.17. The molecule has 3 amide bonds. The maximum Gasteiger partial charge on any atom is 0.247 e. The molecule has 42 heavy (non-hydrogen) atoms. The Morgan fingerprint density at radius 3 is 2.29 bits per heavy atom. The standard InChI is InChI=1S/C28H35N7O3.4ClH/c29-21(11-13-26(36)35-16-22(30)23(31)17-35)27(37)34-25(12-10-18-6-2-1-3-7-18)28(38)33-20-14-19-8-4-5-9-24(19)32-15-20;;;;/h1-9,14-15,21-23,25H,10-13,16-17,29-31H2,(H,33,38)(H,34,37);4*1H/p-3/t21-,22-,23-,25+;;;;/m0..../s1. The van der Waals surface area contributed by atoms with Crippen LogP contribution in [-0.4, -0.2) is 64.9 Å². The Balaban J connectivity index is 0.00000420. The van der Waals surface area contributed by atoms with Crippen LogP contribution >= 0.6 is 0 Å². The van der Waals surface area contributed by atoms with Crippen molar-refractivity contribution in [1.82, 2.24) is 15.2 Å². The van der Waals surface area contributed by atoms with Gasteiger partial charge in [0.15, 0.2) is 0 Å². The molecule has 4 rings (SSSR count). The summed E-state index contributed by atoms with van der Waals surface area (Å²) in [5.74, 6) is -0.935. The monoisotopic (exact) mass is 658 g/mol. The summed E-state index contributed by atoms with van der Waals surface area (Å²) >= 11 is 0. The smallest absolute Gasteiger partial charge is 0.247 e. The molecule has 0 bridgehead atoms. The topological polar surface area (TPSA) is 171 Å². The van der Waals surface area contributed by atoms with Crippen LogP contribution in [0.3, 0.4) is 0 Å². The number of para-hydroxylation sites is 1. The van der Waals surface area contributed by atoms with Crippen molar-refractivity contribution in [2.24, 2.45) is 11.5 Å². The van der Waals surface area contributed by atoms with E-state index in [4.69, 9.17) is 11.5 Å². The summed E-state index contributed by atoms with van der Waals surface area (Å²) in [5.41, 5.74) is 18.5. The second-order valence-electron chi connectivity index (χ2n) is 9.86. The minimum atomic E-state index is -0.930. The predicted octanol–water partition coefficient (Wildman–Crippen LogP) is -11.8. The number of amides is 3. The fourth-order valence-electron chi connectivity index (χ4n) is 4.54. The van der Waals surface area contributed by atoms with E-state index in [9.17, 15) is 14.4 Å². The van der Waals surface area contributed by atoms with E-state index < -0.39 is 18.0 Å². The molecular formula is C28H36Cl4N7O3-3. The quantitative estimate of drug-likeness (QED) is 0.145. The third kappa shape index (κ3) is 10.9. The fourth-order valence-corrected chi connectivity index (χ4v) is 4.54. The molecule has 14 heteroatoms. The van der Waals surface area contributed by atoms with Crippen molar-refractivity contribution in [3.63, 3.8) is 0 Å². The van der Waals surface area contributed by atoms with Gasteiger partial charge in [-0.15, -0.1) is 0 Å². The number of carbonyl (C=O) groups excluding carboxylic acids is 3. The Morgan fingerprint density at radius 2 is 1.62 bits per heavy atom. The van der Waals surface area contributed by atoms with Gasteiger partial charge in [-0.05, 0) is 37.0 Å². The SMILES string of the molecule is N[C@@H](CCC(=O)N1C[C@H](N)[C@@H]([NH3+])C1)C(=O)N[C@H](CCc1ccccc1)C(=O)Nc1cnc2ccccc2c1.[Cl-].[Cl-].[Cl-].[Cl-]. The van der Waals surface area contributed by atoms with Crippen molar-refractivity contribution >= 4 is 34.3 Å². The van der Waals surface area contributed by atoms with Gasteiger partial charge in [0.1, 0.15) is 12.1 Å². The summed E-state index contributed by atoms with van der Waals surface area (Å²) < 4.78 is 0. The zero-order valence-electron chi connectivity index (χ0n) is 22.9. The average Bonchev–Trinajstić information content (AvgIpc) is 3.27. The highest BCUT2D eigenvalue weighted by atomic mass is 35.5. The van der Waals surface area contributed by atoms with E-state index in [2.05, 4.69) is 21.4 Å². The molecule has 2 aromatic carbocycles. The molecule has 0 spiro atoms. The molecule has 1 saturated heterocycles. The van der Waals surface area contributed by atoms with Crippen LogP contribution in [0.1, 0.15) is 24.8 Å². The number of nitrogens with zero attached hydrogens (tertiary/aromatic N) is 2. The van der Waals surface area contributed by atoms with Gasteiger partial charge in [0.2, 0.25) is 17.7 Å². The number of anilines is 1. The summed E-state index contributed by atoms with van der Waals surface area (Å²) in [7, 11) is 0. The van der Waals surface area contributed by atoms with Crippen molar-refractivity contribution in [3.8, 4) is 0 Å². The number of rotatable bonds is 10. The first kappa shape index (κ1) is 39.3. The molecular weight excluding hydrogens is 624 g/mol. The molecule has 1 aromatic heterocycles. The van der Waals surface area contributed by atoms with E-state index in [1.165, 1.54) is 0 Å². The lowest BCUT2D eigenvalue weighted by Crippen LogP contribution is -3.00. The molecule has 1 aliphatic heterocycles. The molecule has 1 aliphatic rings. The average molecular weight is 660 g/mol. The van der Waals surface area contributed by atoms with Crippen LogP contribution < -0.4 is 77.5 Å². The molecule has 3 aromatic rings. The van der Waals surface area contributed by atoms with Gasteiger partial charge in [-0.25, -0.2) is 0 Å². The first-order valence-electron chi connectivity index (χ1n) is 12.9. The lowest BCUT2D eigenvalue weighted by atomic mass is 10.0. The number of nitrogens with one attached hydrogen (secondary N) is 2. The van der Waals surface area contributed by atoms with Gasteiger partial charge >= 0.3 is 0 Å². The van der Waals surface area contributed by atoms with Crippen molar-refractivity contribution in [2.45, 2.75) is 49.9 Å². The first-order valence-corrected chi connectivity index (χ1v) is 12.9. The van der Waals surface area contributed by atoms with Crippen molar-refractivity contribution in [2.75, 3.05) is 18.4 Å². The molecule has 1 fully saturated rings. The zero-order valence-corrected chi connectivity index (χ0v) is 25.9. The number of quaternary nitrogens is 1. The van der Waals surface area contributed by atoms with Crippen LogP contribution in [0.15, 0.2) is 66.9 Å². The molecule has 0 aliphatic carbocycles. The Labute approximate surface area is 270 Å². The highest BCUT2D eigenvalue weighted by molar-refractivity contribution is 5.99. The number of carbonyl (C=O) groups is 3. The molecule has 10 nitrogen and oxygen atoms in total. The number of aromatic nitrogens is 1. The lowest BCUT2D eigenvalue weighted by Gasteiger charge is -2.21. The van der Waals surface area contributed by atoms with Crippen molar-refractivity contribution in [3.05, 3.63) is 72.4 Å². The van der Waals surface area contributed by atoms with Gasteiger partial charge < -0.3 is 82.4 Å². The second-order valence-corrected chi connectivity index (χ2v) is 9.86. The van der Waals surface area contributed by atoms with Crippen LogP contribution in [0.5, 0.6) is 0 Å². The summed E-state index contributed by atoms with van der Waals surface area (Å²) in [6, 6.07) is 17.3. The molecule has 0 radical (unpaired) electrons. The summed E-state index contributed by atoms with van der Waals surface area (Å²) in [6.45, 7) is 0.965. The third-order valence-corrected chi connectivity index (χ3v) is 6.91. The van der Waals surface area contributed by atoms with Crippen LogP contribution in [0.2, 0.25) is 0 Å². The van der Waals surface area contributed by atoms with Gasteiger partial charge in [0.25, 0.3) is 0 Å². The van der Waals surface area contributed by atoms with E-state index in [1.54, 1.807) is 11.1 Å². The second kappa shape index (κ2) is 18.8. The number of hydrogen-bond donors (Lipinski definition) is 5. The van der Waals surface area contributed by atoms with Gasteiger partial charge in [-0.3, -0.25) is 19.4 Å². The maximum absolute atomic E-state index is 13.3. The van der Waals surface area contributed by atoms with E-state index in [0.29, 0.717) is 31.6 Å². The van der Waals surface area contributed by atoms with Gasteiger partial charge in [0.05, 0.1) is 36.0 Å². The third-order valence-electron chi connectivity index (χ3n) is 6.91. The van der Waals surface area contributed by atoms with E-state index in [0.717, 1.165) is 16.5 Å². The number of benzene rings is 2. The minimum absolute atomic E-state index is 0. The number of aryl methyl sites for hydroxylation is 1. The zero-order chi connectivity index (χ0) is 27.1. The van der Waals surface area contributed by atoms with Crippen molar-refractivity contribution in [1.29, 1.82) is 0 Å². The van der Waals surface area contributed by atoms with E-state index in [-0.39, 0.29) is 86.4 Å². The first-order chi connectivity index (χ1) is 18.3. The number of likely N-dealkylation sites (tertiary alicyclic amines) is 1. The number of halogens is 4. The lowest BCUT2D eigenvalue weighted by molar-refractivity contribution is -0.416. The van der Waals surface area contributed by atoms with Crippen LogP contribution in [-0.2, 0) is 20.8 Å². The van der Waals surface area contributed by atoms with E-state index in [1.807, 2.05) is 60.7 Å². The van der Waals surface area contributed by atoms with Crippen LogP contribution in [0.4, 0.5) is 5.69 Å². The highest BCUT2D eigenvalue weighted by Gasteiger charge is 2.33. The number of nitrogens with two attached hydrogens (primary N) is 2. The van der Waals surface area contributed by atoms with Crippen molar-refractivity contribution < 1.29 is 69.7 Å². The van der Waals surface area contributed by atoms with Gasteiger partial charge in [-0.1, -0.05) is 48.5 Å². The molecule has 232 valence electrons. The molecule has 2 heterocycles. The molecule has 0 unspecified atom stereocenters. The predicted molar refractivity (Wildman–Crippen MR) is 146 cm³/mol. The van der Waals surface area contributed by atoms with Gasteiger partial charge in [0, 0.05) is 18.4 Å². The summed E-state index contributed by atoms with van der Waals surface area (Å²) in [5, 5.41) is 6.57. The maximum atomic E-state index is 13.3. The largest absolute Gasteiger partial charge is 1.00 e. The Kier molecular flexibility index (Phi) is 17.6. The Hall–Kier alpha value is -2.70. The number of pyridine rings is 1. The molecule has 4 atom stereocenters. The van der Waals surface area contributed by atoms with Gasteiger partial charge in [-0.2, -0.15) is 0 Å². The Morgan fingerprint density at radius 1 is 0.952 bits per heavy atom. The molecule has 9 N–H and O–H groups in total. The van der Waals surface area contributed by atoms with Crippen LogP contribution in [0, 0.1) is 0 Å². The Bertz CT molecular complexity index is 1280. The van der Waals surface area contributed by atoms with Crippen LogP contribution in [0.25, 0.3) is 10.9 Å². The minimum Gasteiger partial charge on any atom is -1.00 e. The fraction of sp³-hybridized carbons (Fsp3) is 0.357. The number of fused-ring (bicyclic) bond motifs is 1. The summed E-state index contributed by atoms with van der Waals surface area (Å²) in [6.07, 6.45) is 2.85. The normalized spacial score (nSPS) is 16.9. The molecule has 0 saturated carbocycles. The number of hydrogen-bond acceptors (Lipinski definition) is 6. The summed E-state index contributed by atoms with van der Waals surface area (Å²) in [4.78, 5) is 44.8.